The number of amides is 1. The van der Waals surface area contributed by atoms with Crippen molar-refractivity contribution in [1.82, 2.24) is 0 Å². The third-order valence-electron chi connectivity index (χ3n) is 2.79. The lowest BCUT2D eigenvalue weighted by atomic mass is 10.1. The van der Waals surface area contributed by atoms with E-state index in [0.717, 1.165) is 0 Å². The molecule has 19 heavy (non-hydrogen) atoms. The molecule has 0 saturated carbocycles. The molecule has 1 rings (SSSR count). The van der Waals surface area contributed by atoms with Crippen molar-refractivity contribution in [3.8, 4) is 6.07 Å². The van der Waals surface area contributed by atoms with Gasteiger partial charge in [0, 0.05) is 19.9 Å². The van der Waals surface area contributed by atoms with Crippen LogP contribution in [0.4, 0.5) is 5.69 Å². The largest absolute Gasteiger partial charge is 0.481 e. The summed E-state index contributed by atoms with van der Waals surface area (Å²) in [5.74, 6) is -0.969. The van der Waals surface area contributed by atoms with Crippen LogP contribution in [-0.2, 0) is 9.59 Å². The summed E-state index contributed by atoms with van der Waals surface area (Å²) in [7, 11) is 1.62. The summed E-state index contributed by atoms with van der Waals surface area (Å²) in [6, 6.07) is 8.93. The van der Waals surface area contributed by atoms with Crippen LogP contribution >= 0.6 is 0 Å². The number of anilines is 1. The van der Waals surface area contributed by atoms with Gasteiger partial charge in [0.05, 0.1) is 11.3 Å². The van der Waals surface area contributed by atoms with E-state index >= 15 is 0 Å². The highest BCUT2D eigenvalue weighted by atomic mass is 16.4. The van der Waals surface area contributed by atoms with E-state index in [9.17, 15) is 9.59 Å². The highest BCUT2D eigenvalue weighted by molar-refractivity contribution is 5.94. The molecule has 100 valence electrons. The Balaban J connectivity index is 2.57. The zero-order valence-electron chi connectivity index (χ0n) is 10.8. The van der Waals surface area contributed by atoms with E-state index in [4.69, 9.17) is 10.4 Å². The van der Waals surface area contributed by atoms with Crippen LogP contribution in [0.3, 0.4) is 0 Å². The van der Waals surface area contributed by atoms with Crippen LogP contribution in [0.25, 0.3) is 0 Å². The number of unbranched alkanes of at least 4 members (excludes halogenated alkanes) is 1. The minimum absolute atomic E-state index is 0.0752. The molecule has 0 aliphatic heterocycles. The number of benzene rings is 1. The number of carboxylic acids is 1. The van der Waals surface area contributed by atoms with E-state index in [1.165, 1.54) is 4.90 Å². The van der Waals surface area contributed by atoms with Crippen LogP contribution in [0.15, 0.2) is 24.3 Å². The Morgan fingerprint density at radius 3 is 2.53 bits per heavy atom. The van der Waals surface area contributed by atoms with Crippen molar-refractivity contribution >= 4 is 17.6 Å². The van der Waals surface area contributed by atoms with E-state index < -0.39 is 5.97 Å². The van der Waals surface area contributed by atoms with Gasteiger partial charge in [-0.2, -0.15) is 5.26 Å². The number of rotatable bonds is 6. The molecule has 1 amide bonds. The third-order valence-corrected chi connectivity index (χ3v) is 2.79. The first-order valence-corrected chi connectivity index (χ1v) is 6.03. The average Bonchev–Trinajstić information content (AvgIpc) is 2.42. The number of carbonyl (C=O) groups is 2. The summed E-state index contributed by atoms with van der Waals surface area (Å²) >= 11 is 0. The van der Waals surface area contributed by atoms with Crippen molar-refractivity contribution in [2.75, 3.05) is 11.9 Å². The van der Waals surface area contributed by atoms with E-state index in [1.54, 1.807) is 31.3 Å². The number of nitrogens with zero attached hydrogens (tertiary/aromatic N) is 2. The maximum Gasteiger partial charge on any atom is 0.303 e. The van der Waals surface area contributed by atoms with E-state index in [2.05, 4.69) is 0 Å². The highest BCUT2D eigenvalue weighted by Crippen LogP contribution is 2.19. The van der Waals surface area contributed by atoms with Crippen LogP contribution in [0.1, 0.15) is 31.2 Å². The zero-order valence-corrected chi connectivity index (χ0v) is 10.8. The van der Waals surface area contributed by atoms with Gasteiger partial charge in [0.2, 0.25) is 5.91 Å². The van der Waals surface area contributed by atoms with E-state index in [-0.39, 0.29) is 18.7 Å². The molecule has 0 unspecified atom stereocenters. The molecule has 1 aromatic carbocycles. The summed E-state index contributed by atoms with van der Waals surface area (Å²) in [4.78, 5) is 23.7. The Morgan fingerprint density at radius 2 is 1.89 bits per heavy atom. The summed E-state index contributed by atoms with van der Waals surface area (Å²) in [6.07, 6.45) is 1.37. The van der Waals surface area contributed by atoms with Crippen molar-refractivity contribution in [1.29, 1.82) is 5.26 Å². The van der Waals surface area contributed by atoms with Crippen LogP contribution in [-0.4, -0.2) is 24.0 Å². The molecule has 0 fully saturated rings. The predicted octanol–water partition coefficient (Wildman–Crippen LogP) is 2.17. The zero-order chi connectivity index (χ0) is 14.3. The molecular weight excluding hydrogens is 244 g/mol. The van der Waals surface area contributed by atoms with Crippen LogP contribution in [0, 0.1) is 11.3 Å². The minimum atomic E-state index is -0.851. The number of carboxylic acid groups (broad SMARTS) is 1. The van der Waals surface area contributed by atoms with Crippen LogP contribution in [0.2, 0.25) is 0 Å². The van der Waals surface area contributed by atoms with Gasteiger partial charge in [-0.05, 0) is 25.0 Å². The molecule has 0 spiro atoms. The number of carbonyl (C=O) groups excluding carboxylic acids is 1. The van der Waals surface area contributed by atoms with Crippen molar-refractivity contribution in [3.05, 3.63) is 29.8 Å². The quantitative estimate of drug-likeness (QED) is 0.795. The van der Waals surface area contributed by atoms with Gasteiger partial charge in [-0.15, -0.1) is 0 Å². The standard InChI is InChI=1S/C14H16N2O3/c1-16(12-7-3-2-6-11(12)10-15)13(17)8-4-5-9-14(18)19/h2-3,6-7H,4-5,8-9H2,1H3,(H,18,19). The summed E-state index contributed by atoms with van der Waals surface area (Å²) in [5.41, 5.74) is 1.03. The lowest BCUT2D eigenvalue weighted by Gasteiger charge is -2.18. The van der Waals surface area contributed by atoms with Gasteiger partial charge in [0.15, 0.2) is 0 Å². The molecule has 0 atom stereocenters. The first-order valence-electron chi connectivity index (χ1n) is 6.03. The Kier molecular flexibility index (Phi) is 5.55. The molecule has 1 N–H and O–H groups in total. The van der Waals surface area contributed by atoms with Gasteiger partial charge in [-0.3, -0.25) is 9.59 Å². The van der Waals surface area contributed by atoms with E-state index in [0.29, 0.717) is 24.1 Å². The first-order chi connectivity index (χ1) is 9.06. The number of aliphatic carboxylic acids is 1. The fourth-order valence-electron chi connectivity index (χ4n) is 1.72. The molecule has 0 bridgehead atoms. The van der Waals surface area contributed by atoms with Gasteiger partial charge < -0.3 is 10.0 Å². The molecule has 5 nitrogen and oxygen atoms in total. The fourth-order valence-corrected chi connectivity index (χ4v) is 1.72. The van der Waals surface area contributed by atoms with Crippen molar-refractivity contribution in [2.45, 2.75) is 25.7 Å². The molecule has 0 aliphatic rings. The van der Waals surface area contributed by atoms with Gasteiger partial charge in [0.1, 0.15) is 6.07 Å². The second-order valence-corrected chi connectivity index (χ2v) is 4.18. The maximum atomic E-state index is 11.9. The Bertz CT molecular complexity index is 506. The second-order valence-electron chi connectivity index (χ2n) is 4.18. The monoisotopic (exact) mass is 260 g/mol. The molecule has 0 aliphatic carbocycles. The summed E-state index contributed by atoms with van der Waals surface area (Å²) in [6.45, 7) is 0. The SMILES string of the molecule is CN(C(=O)CCCCC(=O)O)c1ccccc1C#N. The third kappa shape index (κ3) is 4.43. The van der Waals surface area contributed by atoms with Gasteiger partial charge >= 0.3 is 5.97 Å². The molecule has 5 heteroatoms. The van der Waals surface area contributed by atoms with Crippen molar-refractivity contribution < 1.29 is 14.7 Å². The Hall–Kier alpha value is -2.35. The van der Waals surface area contributed by atoms with Gasteiger partial charge in [-0.25, -0.2) is 0 Å². The minimum Gasteiger partial charge on any atom is -0.481 e. The van der Waals surface area contributed by atoms with Gasteiger partial charge in [-0.1, -0.05) is 12.1 Å². The number of hydrogen-bond acceptors (Lipinski definition) is 3. The number of nitriles is 1. The van der Waals surface area contributed by atoms with E-state index in [1.807, 2.05) is 6.07 Å². The Morgan fingerprint density at radius 1 is 1.26 bits per heavy atom. The second kappa shape index (κ2) is 7.17. The molecular formula is C14H16N2O3. The molecule has 0 saturated heterocycles. The molecule has 1 aromatic rings. The predicted molar refractivity (Wildman–Crippen MR) is 70.7 cm³/mol. The summed E-state index contributed by atoms with van der Waals surface area (Å²) < 4.78 is 0. The first kappa shape index (κ1) is 14.7. The molecule has 0 aromatic heterocycles. The fraction of sp³-hybridized carbons (Fsp3) is 0.357. The number of hydrogen-bond donors (Lipinski definition) is 1. The van der Waals surface area contributed by atoms with Gasteiger partial charge in [0.25, 0.3) is 0 Å². The Labute approximate surface area is 112 Å². The van der Waals surface area contributed by atoms with Crippen LogP contribution < -0.4 is 4.90 Å². The highest BCUT2D eigenvalue weighted by Gasteiger charge is 2.13. The molecule has 0 heterocycles. The number of para-hydroxylation sites is 1. The maximum absolute atomic E-state index is 11.9. The van der Waals surface area contributed by atoms with Crippen molar-refractivity contribution in [3.63, 3.8) is 0 Å². The smallest absolute Gasteiger partial charge is 0.303 e. The van der Waals surface area contributed by atoms with Crippen LogP contribution in [0.5, 0.6) is 0 Å². The normalized spacial score (nSPS) is 9.68. The lowest BCUT2D eigenvalue weighted by molar-refractivity contribution is -0.137. The average molecular weight is 260 g/mol. The summed E-state index contributed by atoms with van der Waals surface area (Å²) in [5, 5.41) is 17.5. The molecule has 0 radical (unpaired) electrons. The van der Waals surface area contributed by atoms with Crippen molar-refractivity contribution in [2.24, 2.45) is 0 Å². The lowest BCUT2D eigenvalue weighted by Crippen LogP contribution is -2.26. The topological polar surface area (TPSA) is 81.4 Å².